The van der Waals surface area contributed by atoms with E-state index in [1.54, 1.807) is 0 Å². The lowest BCUT2D eigenvalue weighted by Crippen LogP contribution is -2.25. The topological polar surface area (TPSA) is 37.3 Å². The van der Waals surface area contributed by atoms with Gasteiger partial charge in [0, 0.05) is 26.7 Å². The van der Waals surface area contributed by atoms with Crippen molar-refractivity contribution in [1.29, 1.82) is 0 Å². The van der Waals surface area contributed by atoms with Crippen LogP contribution in [-0.4, -0.2) is 10.7 Å². The maximum Gasteiger partial charge on any atom is 0.145 e. The zero-order valence-electron chi connectivity index (χ0n) is 22.2. The van der Waals surface area contributed by atoms with Crippen LogP contribution >= 0.6 is 11.3 Å². The van der Waals surface area contributed by atoms with Crippen molar-refractivity contribution in [2.24, 2.45) is 4.99 Å². The summed E-state index contributed by atoms with van der Waals surface area (Å²) in [4.78, 5) is 10.4. The molecule has 0 spiro atoms. The molecule has 5 aromatic carbocycles. The first-order valence-electron chi connectivity index (χ1n) is 13.8. The maximum atomic E-state index is 5.22. The van der Waals surface area contributed by atoms with Gasteiger partial charge in [-0.2, -0.15) is 0 Å². The Bertz CT molecular complexity index is 2110. The van der Waals surface area contributed by atoms with Gasteiger partial charge in [0.2, 0.25) is 0 Å². The molecule has 2 aromatic heterocycles. The molecule has 7 aromatic rings. The van der Waals surface area contributed by atoms with E-state index in [0.29, 0.717) is 0 Å². The molecule has 3 nitrogen and oxygen atoms in total. The van der Waals surface area contributed by atoms with Crippen molar-refractivity contribution >= 4 is 54.0 Å². The fourth-order valence-corrected chi connectivity index (χ4v) is 6.91. The highest BCUT2D eigenvalue weighted by molar-refractivity contribution is 7.26. The van der Waals surface area contributed by atoms with Gasteiger partial charge in [0.15, 0.2) is 0 Å². The van der Waals surface area contributed by atoms with E-state index in [1.807, 2.05) is 23.5 Å². The minimum absolute atomic E-state index is 0.212. The van der Waals surface area contributed by atoms with E-state index in [-0.39, 0.29) is 6.17 Å². The van der Waals surface area contributed by atoms with Gasteiger partial charge in [-0.05, 0) is 40.5 Å². The van der Waals surface area contributed by atoms with Gasteiger partial charge in [0.1, 0.15) is 6.17 Å². The van der Waals surface area contributed by atoms with E-state index in [0.717, 1.165) is 39.0 Å². The summed E-state index contributed by atoms with van der Waals surface area (Å²) in [5.74, 6) is 0. The lowest BCUT2D eigenvalue weighted by molar-refractivity contribution is 0.665. The number of nitrogens with one attached hydrogen (secondary N) is 1. The first kappa shape index (κ1) is 23.8. The Balaban J connectivity index is 1.34. The van der Waals surface area contributed by atoms with Gasteiger partial charge < -0.3 is 5.32 Å². The van der Waals surface area contributed by atoms with Crippen LogP contribution in [-0.2, 0) is 0 Å². The van der Waals surface area contributed by atoms with E-state index >= 15 is 0 Å². The van der Waals surface area contributed by atoms with Crippen LogP contribution in [0.5, 0.6) is 0 Å². The summed E-state index contributed by atoms with van der Waals surface area (Å²) < 4.78 is 2.43. The van der Waals surface area contributed by atoms with Crippen LogP contribution < -0.4 is 5.32 Å². The van der Waals surface area contributed by atoms with Crippen LogP contribution in [0.25, 0.3) is 48.0 Å². The number of thiophene rings is 1. The molecule has 41 heavy (non-hydrogen) atoms. The Labute approximate surface area is 242 Å². The number of nitrogens with zero attached hydrogens (tertiary/aromatic N) is 2. The van der Waals surface area contributed by atoms with Crippen molar-refractivity contribution in [1.82, 2.24) is 10.3 Å². The van der Waals surface area contributed by atoms with Gasteiger partial charge >= 0.3 is 0 Å². The predicted octanol–water partition coefficient (Wildman–Crippen LogP) is 9.40. The number of aliphatic imine (C=N–C) groups is 1. The average Bonchev–Trinajstić information content (AvgIpc) is 3.42. The summed E-state index contributed by atoms with van der Waals surface area (Å²) in [7, 11) is 0. The molecule has 3 heterocycles. The zero-order valence-corrected chi connectivity index (χ0v) is 23.0. The zero-order chi connectivity index (χ0) is 27.2. The molecule has 0 bridgehead atoms. The van der Waals surface area contributed by atoms with E-state index in [9.17, 15) is 0 Å². The summed E-state index contributed by atoms with van der Waals surface area (Å²) in [6.07, 6.45) is 2.00. The Morgan fingerprint density at radius 1 is 0.585 bits per heavy atom. The molecular weight excluding hydrogens is 518 g/mol. The van der Waals surface area contributed by atoms with E-state index in [2.05, 4.69) is 133 Å². The number of aromatic nitrogens is 1. The molecule has 1 aliphatic rings. The van der Waals surface area contributed by atoms with Crippen LogP contribution in [0.1, 0.15) is 22.9 Å². The number of hydrogen-bond acceptors (Lipinski definition) is 4. The van der Waals surface area contributed by atoms with Crippen LogP contribution in [0.4, 0.5) is 0 Å². The van der Waals surface area contributed by atoms with E-state index in [4.69, 9.17) is 9.98 Å². The smallest absolute Gasteiger partial charge is 0.145 e. The van der Waals surface area contributed by atoms with Gasteiger partial charge in [-0.15, -0.1) is 11.3 Å². The minimum atomic E-state index is -0.212. The summed E-state index contributed by atoms with van der Waals surface area (Å²) in [6.45, 7) is 0. The first-order valence-corrected chi connectivity index (χ1v) is 14.6. The molecule has 1 N–H and O–H groups in total. The second-order valence-corrected chi connectivity index (χ2v) is 11.3. The van der Waals surface area contributed by atoms with E-state index in [1.165, 1.54) is 31.5 Å². The lowest BCUT2D eigenvalue weighted by atomic mass is 9.97. The van der Waals surface area contributed by atoms with E-state index < -0.39 is 0 Å². The third-order valence-corrected chi connectivity index (χ3v) is 8.89. The summed E-state index contributed by atoms with van der Waals surface area (Å²) in [5, 5.41) is 6.14. The molecular formula is C37H25N3S. The Morgan fingerprint density at radius 2 is 1.22 bits per heavy atom. The third-order valence-electron chi connectivity index (χ3n) is 7.72. The summed E-state index contributed by atoms with van der Waals surface area (Å²) in [5.41, 5.74) is 9.87. The molecule has 0 aliphatic carbocycles. The number of allylic oxidation sites excluding steroid dienone is 1. The van der Waals surface area contributed by atoms with Crippen molar-refractivity contribution in [3.63, 3.8) is 0 Å². The van der Waals surface area contributed by atoms with Crippen LogP contribution in [0, 0.1) is 0 Å². The van der Waals surface area contributed by atoms with Gasteiger partial charge in [0.25, 0.3) is 0 Å². The number of benzene rings is 5. The van der Waals surface area contributed by atoms with Crippen molar-refractivity contribution in [3.8, 4) is 11.1 Å². The molecule has 1 aliphatic heterocycles. The van der Waals surface area contributed by atoms with Crippen LogP contribution in [0.2, 0.25) is 0 Å². The van der Waals surface area contributed by atoms with Gasteiger partial charge in [-0.1, -0.05) is 121 Å². The van der Waals surface area contributed by atoms with Crippen molar-refractivity contribution < 1.29 is 0 Å². The number of fused-ring (bicyclic) bond motifs is 4. The van der Waals surface area contributed by atoms with Crippen molar-refractivity contribution in [2.75, 3.05) is 0 Å². The molecule has 4 heteroatoms. The van der Waals surface area contributed by atoms with Gasteiger partial charge in [-0.25, -0.2) is 4.98 Å². The van der Waals surface area contributed by atoms with Crippen molar-refractivity contribution in [2.45, 2.75) is 6.17 Å². The molecule has 1 atom stereocenters. The molecule has 0 radical (unpaired) electrons. The molecule has 0 saturated heterocycles. The molecule has 0 fully saturated rings. The average molecular weight is 544 g/mol. The molecule has 8 rings (SSSR count). The summed E-state index contributed by atoms with van der Waals surface area (Å²) in [6, 6.07) is 46.7. The highest BCUT2D eigenvalue weighted by Crippen LogP contribution is 2.41. The standard InChI is InChI=1S/C37H25N3S/c1-3-11-24(12-4-1)25-19-21-26(22-20-25)31-23-32(40-37(39-31)27-13-5-2-6-14-27)34-28-15-7-9-17-30(28)38-35-29-16-8-10-18-33(29)41-36(34)35/h1-23,37,40H. The number of hydrogen-bond donors (Lipinski definition) is 1. The number of pyridine rings is 1. The highest BCUT2D eigenvalue weighted by Gasteiger charge is 2.24. The molecule has 1 unspecified atom stereocenters. The Hall–Kier alpha value is -5.06. The second-order valence-electron chi connectivity index (χ2n) is 10.3. The fraction of sp³-hybridized carbons (Fsp3) is 0.0270. The van der Waals surface area contributed by atoms with Gasteiger partial charge in [-0.3, -0.25) is 4.99 Å². The Kier molecular flexibility index (Phi) is 5.71. The normalized spacial score (nSPS) is 15.1. The fourth-order valence-electron chi connectivity index (χ4n) is 5.70. The number of para-hydroxylation sites is 1. The minimum Gasteiger partial charge on any atom is -0.359 e. The van der Waals surface area contributed by atoms with Crippen LogP contribution in [0.3, 0.4) is 0 Å². The Morgan fingerprint density at radius 3 is 2.02 bits per heavy atom. The summed E-state index contributed by atoms with van der Waals surface area (Å²) >= 11 is 1.81. The molecule has 194 valence electrons. The largest absolute Gasteiger partial charge is 0.359 e. The number of rotatable bonds is 4. The third kappa shape index (κ3) is 4.21. The monoisotopic (exact) mass is 543 g/mol. The van der Waals surface area contributed by atoms with Gasteiger partial charge in [0.05, 0.1) is 21.4 Å². The molecule has 0 saturated carbocycles. The highest BCUT2D eigenvalue weighted by atomic mass is 32.1. The van der Waals surface area contributed by atoms with Crippen LogP contribution in [0.15, 0.2) is 145 Å². The maximum absolute atomic E-state index is 5.22. The first-order chi connectivity index (χ1) is 20.3. The van der Waals surface area contributed by atoms with Crippen molar-refractivity contribution in [3.05, 3.63) is 156 Å². The predicted molar refractivity (Wildman–Crippen MR) is 173 cm³/mol. The molecule has 0 amide bonds. The lowest BCUT2D eigenvalue weighted by Gasteiger charge is -2.26. The quantitative estimate of drug-likeness (QED) is 0.240. The second kappa shape index (κ2) is 9.84. The SMILES string of the molecule is C1=C(c2c3ccccc3nc3c2sc2ccccc23)NC(c2ccccc2)N=C1c1ccc(-c2ccccc2)cc1.